The molecule has 6 nitrogen and oxygen atoms in total. The van der Waals surface area contributed by atoms with Crippen molar-refractivity contribution >= 4 is 12.0 Å². The fourth-order valence-electron chi connectivity index (χ4n) is 3.44. The maximum Gasteiger partial charge on any atom is 0.327 e. The van der Waals surface area contributed by atoms with Gasteiger partial charge in [-0.25, -0.2) is 9.59 Å². The minimum atomic E-state index is -0.931. The first-order valence-electron chi connectivity index (χ1n) is 7.64. The van der Waals surface area contributed by atoms with E-state index >= 15 is 0 Å². The van der Waals surface area contributed by atoms with Crippen molar-refractivity contribution in [3.8, 4) is 0 Å². The molecule has 1 aliphatic heterocycles. The molecular formula is C15H26N2O4. The molecule has 2 aliphatic rings. The van der Waals surface area contributed by atoms with Crippen LogP contribution >= 0.6 is 0 Å². The summed E-state index contributed by atoms with van der Waals surface area (Å²) in [6.07, 6.45) is 4.64. The Morgan fingerprint density at radius 1 is 1.29 bits per heavy atom. The summed E-state index contributed by atoms with van der Waals surface area (Å²) in [5.41, 5.74) is -0.656. The van der Waals surface area contributed by atoms with Gasteiger partial charge in [0.15, 0.2) is 0 Å². The van der Waals surface area contributed by atoms with Gasteiger partial charge in [0, 0.05) is 20.2 Å². The molecule has 2 N–H and O–H groups in total. The number of urea groups is 1. The van der Waals surface area contributed by atoms with Crippen LogP contribution in [0.5, 0.6) is 0 Å². The van der Waals surface area contributed by atoms with E-state index in [0.29, 0.717) is 13.1 Å². The highest BCUT2D eigenvalue weighted by Crippen LogP contribution is 2.36. The number of ether oxygens (including phenoxy) is 1. The smallest absolute Gasteiger partial charge is 0.327 e. The Morgan fingerprint density at radius 3 is 2.43 bits per heavy atom. The van der Waals surface area contributed by atoms with Gasteiger partial charge in [-0.1, -0.05) is 13.8 Å². The Labute approximate surface area is 125 Å². The van der Waals surface area contributed by atoms with Gasteiger partial charge in [-0.15, -0.1) is 0 Å². The van der Waals surface area contributed by atoms with Gasteiger partial charge in [0.2, 0.25) is 0 Å². The number of methoxy groups -OCH3 is 1. The second-order valence-corrected chi connectivity index (χ2v) is 6.93. The zero-order valence-corrected chi connectivity index (χ0v) is 13.1. The lowest BCUT2D eigenvalue weighted by atomic mass is 9.76. The second kappa shape index (κ2) is 5.83. The van der Waals surface area contributed by atoms with Crippen molar-refractivity contribution in [1.29, 1.82) is 0 Å². The molecule has 2 rings (SSSR count). The summed E-state index contributed by atoms with van der Waals surface area (Å²) < 4.78 is 5.48. The molecule has 21 heavy (non-hydrogen) atoms. The Kier molecular flexibility index (Phi) is 4.46. The topological polar surface area (TPSA) is 78.9 Å². The van der Waals surface area contributed by atoms with E-state index in [1.54, 1.807) is 7.11 Å². The maximum absolute atomic E-state index is 12.4. The van der Waals surface area contributed by atoms with Gasteiger partial charge in [-0.05, 0) is 37.5 Å². The van der Waals surface area contributed by atoms with Crippen LogP contribution in [-0.2, 0) is 9.53 Å². The lowest BCUT2D eigenvalue weighted by Crippen LogP contribution is -2.60. The number of hydrogen-bond acceptors (Lipinski definition) is 3. The van der Waals surface area contributed by atoms with Crippen molar-refractivity contribution in [3.63, 3.8) is 0 Å². The van der Waals surface area contributed by atoms with Gasteiger partial charge in [0.05, 0.1) is 5.60 Å². The number of likely N-dealkylation sites (tertiary alicyclic amines) is 1. The molecule has 0 bridgehead atoms. The molecule has 1 saturated heterocycles. The van der Waals surface area contributed by atoms with Crippen molar-refractivity contribution in [1.82, 2.24) is 10.2 Å². The van der Waals surface area contributed by atoms with E-state index in [2.05, 4.69) is 5.32 Å². The van der Waals surface area contributed by atoms with E-state index < -0.39 is 17.4 Å². The third kappa shape index (κ3) is 3.15. The largest absolute Gasteiger partial charge is 0.480 e. The predicted molar refractivity (Wildman–Crippen MR) is 78.1 cm³/mol. The highest BCUT2D eigenvalue weighted by atomic mass is 16.5. The number of aliphatic carboxylic acids is 1. The van der Waals surface area contributed by atoms with Gasteiger partial charge < -0.3 is 20.1 Å². The Morgan fingerprint density at radius 2 is 1.95 bits per heavy atom. The number of piperidine rings is 1. The van der Waals surface area contributed by atoms with Crippen molar-refractivity contribution in [2.24, 2.45) is 5.41 Å². The lowest BCUT2D eigenvalue weighted by Gasteiger charge is -2.45. The van der Waals surface area contributed by atoms with E-state index in [0.717, 1.165) is 32.1 Å². The van der Waals surface area contributed by atoms with Crippen LogP contribution in [0.4, 0.5) is 4.79 Å². The third-order valence-corrected chi connectivity index (χ3v) is 5.03. The van der Waals surface area contributed by atoms with Crippen molar-refractivity contribution in [2.75, 3.05) is 20.2 Å². The van der Waals surface area contributed by atoms with Gasteiger partial charge >= 0.3 is 12.0 Å². The zero-order chi connectivity index (χ0) is 15.7. The quantitative estimate of drug-likeness (QED) is 0.830. The number of nitrogens with zero attached hydrogens (tertiary/aromatic N) is 1. The van der Waals surface area contributed by atoms with E-state index in [9.17, 15) is 14.7 Å². The Bertz CT molecular complexity index is 412. The molecule has 1 aliphatic carbocycles. The summed E-state index contributed by atoms with van der Waals surface area (Å²) >= 11 is 0. The molecular weight excluding hydrogens is 272 g/mol. The third-order valence-electron chi connectivity index (χ3n) is 5.03. The minimum Gasteiger partial charge on any atom is -0.480 e. The summed E-state index contributed by atoms with van der Waals surface area (Å²) in [6, 6.07) is -1.07. The lowest BCUT2D eigenvalue weighted by molar-refractivity contribution is -0.148. The van der Waals surface area contributed by atoms with E-state index in [4.69, 9.17) is 4.74 Å². The molecule has 1 unspecified atom stereocenters. The molecule has 1 saturated carbocycles. The summed E-state index contributed by atoms with van der Waals surface area (Å²) in [6.45, 7) is 4.76. The summed E-state index contributed by atoms with van der Waals surface area (Å²) in [4.78, 5) is 25.4. The molecule has 2 fully saturated rings. The van der Waals surface area contributed by atoms with Crippen LogP contribution in [-0.4, -0.2) is 53.8 Å². The first kappa shape index (κ1) is 16.1. The molecule has 1 heterocycles. The number of carbonyl (C=O) groups is 2. The fraction of sp³-hybridized carbons (Fsp3) is 0.867. The van der Waals surface area contributed by atoms with E-state index in [1.807, 2.05) is 13.8 Å². The SMILES string of the molecule is COC1(CNC(=O)N2CCCC(C)(C)C2C(=O)O)CCC1. The monoisotopic (exact) mass is 298 g/mol. The number of carbonyl (C=O) groups excluding carboxylic acids is 1. The second-order valence-electron chi connectivity index (χ2n) is 6.93. The zero-order valence-electron chi connectivity index (χ0n) is 13.1. The number of rotatable bonds is 4. The molecule has 0 aromatic carbocycles. The molecule has 0 aromatic rings. The number of amides is 2. The summed E-state index contributed by atoms with van der Waals surface area (Å²) in [7, 11) is 1.66. The van der Waals surface area contributed by atoms with Crippen molar-refractivity contribution in [3.05, 3.63) is 0 Å². The number of hydrogen-bond donors (Lipinski definition) is 2. The molecule has 0 aromatic heterocycles. The van der Waals surface area contributed by atoms with Crippen LogP contribution in [0, 0.1) is 5.41 Å². The summed E-state index contributed by atoms with van der Waals surface area (Å²) in [5.74, 6) is -0.931. The van der Waals surface area contributed by atoms with Crippen molar-refractivity contribution < 1.29 is 19.4 Å². The average Bonchev–Trinajstić information content (AvgIpc) is 2.35. The van der Waals surface area contributed by atoms with Crippen LogP contribution in [0.1, 0.15) is 46.0 Å². The maximum atomic E-state index is 12.4. The van der Waals surface area contributed by atoms with Crippen LogP contribution in [0.25, 0.3) is 0 Å². The van der Waals surface area contributed by atoms with Gasteiger partial charge in [-0.2, -0.15) is 0 Å². The summed E-state index contributed by atoms with van der Waals surface area (Å²) in [5, 5.41) is 12.3. The van der Waals surface area contributed by atoms with Crippen molar-refractivity contribution in [2.45, 2.75) is 57.6 Å². The van der Waals surface area contributed by atoms with Gasteiger partial charge in [0.1, 0.15) is 6.04 Å². The minimum absolute atomic E-state index is 0.250. The van der Waals surface area contributed by atoms with E-state index in [-0.39, 0.29) is 11.6 Å². The van der Waals surface area contributed by atoms with E-state index in [1.165, 1.54) is 4.90 Å². The predicted octanol–water partition coefficient (Wildman–Crippen LogP) is 1.84. The average molecular weight is 298 g/mol. The molecule has 6 heteroatoms. The number of nitrogens with one attached hydrogen (secondary N) is 1. The molecule has 1 atom stereocenters. The molecule has 120 valence electrons. The van der Waals surface area contributed by atoms with Crippen LogP contribution in [0.2, 0.25) is 0 Å². The highest BCUT2D eigenvalue weighted by Gasteiger charge is 2.45. The Hall–Kier alpha value is -1.30. The van der Waals surface area contributed by atoms with Crippen LogP contribution in [0.3, 0.4) is 0 Å². The number of carboxylic acids is 1. The fourth-order valence-corrected chi connectivity index (χ4v) is 3.44. The standard InChI is InChI=1S/C15H26N2O4/c1-14(2)6-5-9-17(11(14)12(18)19)13(20)16-10-15(21-3)7-4-8-15/h11H,4-10H2,1-3H3,(H,16,20)(H,18,19). The normalized spacial score (nSPS) is 26.8. The van der Waals surface area contributed by atoms with Gasteiger partial charge in [0.25, 0.3) is 0 Å². The number of carboxylic acid groups (broad SMARTS) is 1. The van der Waals surface area contributed by atoms with Crippen LogP contribution < -0.4 is 5.32 Å². The van der Waals surface area contributed by atoms with Crippen LogP contribution in [0.15, 0.2) is 0 Å². The highest BCUT2D eigenvalue weighted by molar-refractivity contribution is 5.83. The first-order valence-corrected chi connectivity index (χ1v) is 7.64. The first-order chi connectivity index (χ1) is 9.81. The Balaban J connectivity index is 2.01. The van der Waals surface area contributed by atoms with Gasteiger partial charge in [-0.3, -0.25) is 0 Å². The molecule has 2 amide bonds. The molecule has 0 spiro atoms. The molecule has 0 radical (unpaired) electrons.